The van der Waals surface area contributed by atoms with Gasteiger partial charge in [0.2, 0.25) is 0 Å². The van der Waals surface area contributed by atoms with Crippen LogP contribution in [0, 0.1) is 0 Å². The van der Waals surface area contributed by atoms with Gasteiger partial charge in [-0.3, -0.25) is 0 Å². The Hall–Kier alpha value is -1.58. The minimum Gasteiger partial charge on any atom is -0.242 e. The van der Waals surface area contributed by atoms with Gasteiger partial charge in [-0.05, 0) is 27.7 Å². The van der Waals surface area contributed by atoms with Gasteiger partial charge < -0.3 is 0 Å². The van der Waals surface area contributed by atoms with Crippen molar-refractivity contribution in [3.8, 4) is 0 Å². The molecule has 14 heavy (non-hydrogen) atoms. The van der Waals surface area contributed by atoms with Crippen molar-refractivity contribution < 1.29 is 19.4 Å². The summed E-state index contributed by atoms with van der Waals surface area (Å²) >= 11 is 0. The fourth-order valence-corrected chi connectivity index (χ4v) is 0.602. The van der Waals surface area contributed by atoms with Gasteiger partial charge in [-0.15, -0.1) is 0 Å². The van der Waals surface area contributed by atoms with Crippen molar-refractivity contribution >= 4 is 11.9 Å². The summed E-state index contributed by atoms with van der Waals surface area (Å²) in [7, 11) is 0. The highest BCUT2D eigenvalue weighted by Gasteiger charge is 2.04. The van der Waals surface area contributed by atoms with E-state index in [4.69, 9.17) is 0 Å². The zero-order chi connectivity index (χ0) is 11.1. The number of carbonyl (C=O) groups is 2. The number of carbonyl (C=O) groups excluding carboxylic acids is 2. The Morgan fingerprint density at radius 3 is 1.29 bits per heavy atom. The van der Waals surface area contributed by atoms with Crippen LogP contribution in [0.25, 0.3) is 0 Å². The fourth-order valence-electron chi connectivity index (χ4n) is 0.602. The van der Waals surface area contributed by atoms with Crippen LogP contribution in [0.4, 0.5) is 0 Å². The molecule has 78 valence electrons. The zero-order valence-corrected chi connectivity index (χ0v) is 8.79. The zero-order valence-electron chi connectivity index (χ0n) is 8.79. The molecule has 0 bridgehead atoms. The molecule has 0 aliphatic rings. The van der Waals surface area contributed by atoms with Gasteiger partial charge in [0.1, 0.15) is 0 Å². The quantitative estimate of drug-likeness (QED) is 0.386. The normalized spacial score (nSPS) is 8.57. The van der Waals surface area contributed by atoms with Crippen LogP contribution < -0.4 is 0 Å². The average Bonchev–Trinajstić information content (AvgIpc) is 1.98. The van der Waals surface area contributed by atoms with E-state index in [1.165, 1.54) is 12.2 Å². The second-order valence-corrected chi connectivity index (χ2v) is 3.25. The first kappa shape index (κ1) is 12.4. The lowest BCUT2D eigenvalue weighted by Gasteiger charge is -1.97. The van der Waals surface area contributed by atoms with Crippen LogP contribution in [0.2, 0.25) is 0 Å². The Labute approximate surface area is 83.1 Å². The van der Waals surface area contributed by atoms with E-state index in [9.17, 15) is 9.59 Å². The van der Waals surface area contributed by atoms with Crippen molar-refractivity contribution in [2.24, 2.45) is 0 Å². The molecule has 0 rings (SSSR count). The summed E-state index contributed by atoms with van der Waals surface area (Å²) in [6, 6.07) is 0. The largest absolute Gasteiger partial charge is 0.379 e. The molecule has 0 aromatic heterocycles. The molecule has 0 aliphatic heterocycles. The molecule has 0 spiro atoms. The molecule has 0 unspecified atom stereocenters. The Bertz CT molecular complexity index is 248. The van der Waals surface area contributed by atoms with Gasteiger partial charge >= 0.3 is 11.9 Å². The SMILES string of the molecule is CC(C)=CC(=O)OOC(=O)C=C(C)C. The van der Waals surface area contributed by atoms with Crippen LogP contribution >= 0.6 is 0 Å². The van der Waals surface area contributed by atoms with Crippen molar-refractivity contribution in [3.63, 3.8) is 0 Å². The number of hydrogen-bond acceptors (Lipinski definition) is 4. The summed E-state index contributed by atoms with van der Waals surface area (Å²) in [5.74, 6) is -1.39. The van der Waals surface area contributed by atoms with Gasteiger partial charge in [-0.25, -0.2) is 19.4 Å². The summed E-state index contributed by atoms with van der Waals surface area (Å²) in [5.41, 5.74) is 1.54. The first-order chi connectivity index (χ1) is 6.41. The monoisotopic (exact) mass is 198 g/mol. The molecular weight excluding hydrogens is 184 g/mol. The minimum absolute atomic E-state index is 0.694. The molecule has 0 radical (unpaired) electrons. The smallest absolute Gasteiger partial charge is 0.242 e. The van der Waals surface area contributed by atoms with Crippen LogP contribution in [-0.2, 0) is 19.4 Å². The van der Waals surface area contributed by atoms with Gasteiger partial charge in [0.15, 0.2) is 0 Å². The Balaban J connectivity index is 3.96. The predicted octanol–water partition coefficient (Wildman–Crippen LogP) is 1.92. The summed E-state index contributed by atoms with van der Waals surface area (Å²) in [5, 5.41) is 0. The summed E-state index contributed by atoms with van der Waals surface area (Å²) in [6.45, 7) is 6.94. The molecular formula is C10H14O4. The van der Waals surface area contributed by atoms with Crippen LogP contribution in [-0.4, -0.2) is 11.9 Å². The molecule has 0 atom stereocenters. The lowest BCUT2D eigenvalue weighted by atomic mass is 10.3. The van der Waals surface area contributed by atoms with Crippen molar-refractivity contribution in [3.05, 3.63) is 23.3 Å². The van der Waals surface area contributed by atoms with Crippen LogP contribution in [0.3, 0.4) is 0 Å². The summed E-state index contributed by atoms with van der Waals surface area (Å²) in [4.78, 5) is 30.1. The molecule has 0 heterocycles. The third-order valence-corrected chi connectivity index (χ3v) is 1.02. The van der Waals surface area contributed by atoms with E-state index in [2.05, 4.69) is 9.78 Å². The van der Waals surface area contributed by atoms with Crippen molar-refractivity contribution in [1.82, 2.24) is 0 Å². The minimum atomic E-state index is -0.694. The summed E-state index contributed by atoms with van der Waals surface area (Å²) in [6.07, 6.45) is 2.46. The molecule has 0 saturated carbocycles. The highest BCUT2D eigenvalue weighted by molar-refractivity contribution is 5.85. The van der Waals surface area contributed by atoms with Gasteiger partial charge in [0.25, 0.3) is 0 Å². The van der Waals surface area contributed by atoms with Crippen LogP contribution in [0.1, 0.15) is 27.7 Å². The topological polar surface area (TPSA) is 52.6 Å². The van der Waals surface area contributed by atoms with Gasteiger partial charge in [-0.1, -0.05) is 11.1 Å². The molecule has 0 saturated heterocycles. The van der Waals surface area contributed by atoms with E-state index < -0.39 is 11.9 Å². The Morgan fingerprint density at radius 2 is 1.07 bits per heavy atom. The molecule has 0 amide bonds. The van der Waals surface area contributed by atoms with Crippen molar-refractivity contribution in [2.75, 3.05) is 0 Å². The molecule has 4 nitrogen and oxygen atoms in total. The number of allylic oxidation sites excluding steroid dienone is 2. The maximum atomic E-state index is 10.8. The molecule has 0 aromatic carbocycles. The lowest BCUT2D eigenvalue weighted by Crippen LogP contribution is -2.07. The van der Waals surface area contributed by atoms with E-state index in [1.807, 2.05) is 0 Å². The van der Waals surface area contributed by atoms with E-state index in [-0.39, 0.29) is 0 Å². The highest BCUT2D eigenvalue weighted by Crippen LogP contribution is 1.94. The van der Waals surface area contributed by atoms with Crippen LogP contribution in [0.15, 0.2) is 23.3 Å². The maximum Gasteiger partial charge on any atom is 0.379 e. The van der Waals surface area contributed by atoms with Gasteiger partial charge in [0.05, 0.1) is 0 Å². The average molecular weight is 198 g/mol. The van der Waals surface area contributed by atoms with E-state index >= 15 is 0 Å². The van der Waals surface area contributed by atoms with E-state index in [0.29, 0.717) is 0 Å². The third kappa shape index (κ3) is 7.09. The molecule has 0 aliphatic carbocycles. The molecule has 0 fully saturated rings. The first-order valence-electron chi connectivity index (χ1n) is 4.14. The Morgan fingerprint density at radius 1 is 0.786 bits per heavy atom. The van der Waals surface area contributed by atoms with E-state index in [0.717, 1.165) is 11.1 Å². The van der Waals surface area contributed by atoms with Gasteiger partial charge in [0, 0.05) is 12.2 Å². The van der Waals surface area contributed by atoms with Crippen molar-refractivity contribution in [1.29, 1.82) is 0 Å². The maximum absolute atomic E-state index is 10.8. The van der Waals surface area contributed by atoms with Gasteiger partial charge in [-0.2, -0.15) is 0 Å². The standard InChI is InChI=1S/C10H14O4/c1-7(2)5-9(11)13-14-10(12)6-8(3)4/h5-6H,1-4H3. The van der Waals surface area contributed by atoms with E-state index in [1.54, 1.807) is 27.7 Å². The number of rotatable bonds is 2. The van der Waals surface area contributed by atoms with Crippen LogP contribution in [0.5, 0.6) is 0 Å². The third-order valence-electron chi connectivity index (χ3n) is 1.02. The Kier molecular flexibility index (Phi) is 5.29. The molecule has 0 aromatic rings. The predicted molar refractivity (Wildman–Crippen MR) is 51.0 cm³/mol. The highest BCUT2D eigenvalue weighted by atomic mass is 17.2. The molecule has 4 heteroatoms. The molecule has 0 N–H and O–H groups in total. The van der Waals surface area contributed by atoms with Crippen molar-refractivity contribution in [2.45, 2.75) is 27.7 Å². The second-order valence-electron chi connectivity index (χ2n) is 3.25. The second kappa shape index (κ2) is 5.96. The lowest BCUT2D eigenvalue weighted by molar-refractivity contribution is -0.250. The summed E-state index contributed by atoms with van der Waals surface area (Å²) < 4.78 is 0. The fraction of sp³-hybridized carbons (Fsp3) is 0.400. The first-order valence-corrected chi connectivity index (χ1v) is 4.14. The number of hydrogen-bond donors (Lipinski definition) is 0.